The van der Waals surface area contributed by atoms with Crippen LogP contribution in [0, 0.1) is 0 Å². The zero-order chi connectivity index (χ0) is 20.4. The molecule has 7 heteroatoms. The van der Waals surface area contributed by atoms with Crippen LogP contribution in [0.25, 0.3) is 10.9 Å². The number of likely N-dealkylation sites (tertiary alicyclic amines) is 1. The summed E-state index contributed by atoms with van der Waals surface area (Å²) in [5, 5.41) is 8.63. The standard InChI is InChI=1S/C22H31FN4O2/c1-16(2)27-19-6-4-3-5-18(19)20(25-27)21(28)24-17-7-11-26(12-8-17)15-22(23)9-13-29-14-10-22/h3-6,16-17H,7-15H2,1-2H3,(H,24,28). The lowest BCUT2D eigenvalue weighted by Gasteiger charge is -2.38. The number of carbonyl (C=O) groups is 1. The van der Waals surface area contributed by atoms with Crippen LogP contribution in [-0.2, 0) is 4.74 Å². The number of nitrogens with one attached hydrogen (secondary N) is 1. The predicted molar refractivity (Wildman–Crippen MR) is 111 cm³/mol. The first kappa shape index (κ1) is 20.3. The van der Waals surface area contributed by atoms with E-state index in [0.29, 0.717) is 38.3 Å². The Labute approximate surface area is 171 Å². The number of alkyl halides is 1. The highest BCUT2D eigenvalue weighted by Crippen LogP contribution is 2.28. The van der Waals surface area contributed by atoms with Gasteiger partial charge in [0, 0.05) is 63.2 Å². The fraction of sp³-hybridized carbons (Fsp3) is 0.636. The molecule has 1 aromatic carbocycles. The Balaban J connectivity index is 1.36. The molecule has 1 amide bonds. The van der Waals surface area contributed by atoms with Crippen molar-refractivity contribution in [3.8, 4) is 0 Å². The lowest BCUT2D eigenvalue weighted by molar-refractivity contribution is -0.0305. The normalized spacial score (nSPS) is 21.0. The lowest BCUT2D eigenvalue weighted by Crippen LogP contribution is -2.50. The number of aromatic nitrogens is 2. The smallest absolute Gasteiger partial charge is 0.272 e. The molecule has 4 rings (SSSR count). The molecular formula is C22H31FN4O2. The molecule has 0 aliphatic carbocycles. The SMILES string of the molecule is CC(C)n1nc(C(=O)NC2CCN(CC3(F)CCOCC3)CC2)c2ccccc21. The van der Waals surface area contributed by atoms with Crippen molar-refractivity contribution >= 4 is 16.8 Å². The van der Waals surface area contributed by atoms with Crippen molar-refractivity contribution in [2.45, 2.75) is 57.3 Å². The van der Waals surface area contributed by atoms with Gasteiger partial charge in [-0.25, -0.2) is 4.39 Å². The van der Waals surface area contributed by atoms with Gasteiger partial charge in [-0.1, -0.05) is 18.2 Å². The number of amides is 1. The summed E-state index contributed by atoms with van der Waals surface area (Å²) in [5.41, 5.74) is 0.338. The van der Waals surface area contributed by atoms with Crippen molar-refractivity contribution in [1.82, 2.24) is 20.0 Å². The van der Waals surface area contributed by atoms with Crippen molar-refractivity contribution in [2.75, 3.05) is 32.8 Å². The largest absolute Gasteiger partial charge is 0.381 e. The number of halogens is 1. The molecule has 158 valence electrons. The van der Waals surface area contributed by atoms with E-state index in [1.54, 1.807) is 0 Å². The third kappa shape index (κ3) is 4.46. The Hall–Kier alpha value is -1.99. The minimum Gasteiger partial charge on any atom is -0.381 e. The number of ether oxygens (including phenoxy) is 1. The van der Waals surface area contributed by atoms with Crippen molar-refractivity contribution in [1.29, 1.82) is 0 Å². The Morgan fingerprint density at radius 3 is 2.66 bits per heavy atom. The van der Waals surface area contributed by atoms with Gasteiger partial charge in [0.15, 0.2) is 5.69 Å². The molecule has 2 aliphatic heterocycles. The Morgan fingerprint density at radius 1 is 1.28 bits per heavy atom. The van der Waals surface area contributed by atoms with E-state index in [4.69, 9.17) is 4.74 Å². The fourth-order valence-corrected chi connectivity index (χ4v) is 4.44. The zero-order valence-corrected chi connectivity index (χ0v) is 17.4. The number of piperidine rings is 1. The topological polar surface area (TPSA) is 59.4 Å². The summed E-state index contributed by atoms with van der Waals surface area (Å²) < 4.78 is 22.1. The quantitative estimate of drug-likeness (QED) is 0.833. The molecule has 0 bridgehead atoms. The first-order valence-electron chi connectivity index (χ1n) is 10.7. The highest BCUT2D eigenvalue weighted by molar-refractivity contribution is 6.05. The number of rotatable bonds is 5. The first-order valence-corrected chi connectivity index (χ1v) is 10.7. The molecule has 1 N–H and O–H groups in total. The Morgan fingerprint density at radius 2 is 1.97 bits per heavy atom. The van der Waals surface area contributed by atoms with Gasteiger partial charge in [0.05, 0.1) is 5.52 Å². The first-order chi connectivity index (χ1) is 14.0. The summed E-state index contributed by atoms with van der Waals surface area (Å²) >= 11 is 0. The summed E-state index contributed by atoms with van der Waals surface area (Å²) in [5.74, 6) is -0.120. The number of hydrogen-bond acceptors (Lipinski definition) is 4. The van der Waals surface area contributed by atoms with Crippen LogP contribution >= 0.6 is 0 Å². The number of hydrogen-bond donors (Lipinski definition) is 1. The third-order valence-electron chi connectivity index (χ3n) is 6.14. The van der Waals surface area contributed by atoms with Gasteiger partial charge in [0.1, 0.15) is 5.67 Å². The second-order valence-electron chi connectivity index (χ2n) is 8.69. The molecule has 2 fully saturated rings. The summed E-state index contributed by atoms with van der Waals surface area (Å²) in [6.07, 6.45) is 2.63. The van der Waals surface area contributed by atoms with E-state index in [-0.39, 0.29) is 18.0 Å². The van der Waals surface area contributed by atoms with Gasteiger partial charge in [0.25, 0.3) is 5.91 Å². The summed E-state index contributed by atoms with van der Waals surface area (Å²) in [6, 6.07) is 8.15. The molecule has 6 nitrogen and oxygen atoms in total. The van der Waals surface area contributed by atoms with E-state index in [1.165, 1.54) is 0 Å². The van der Waals surface area contributed by atoms with Crippen LogP contribution in [0.1, 0.15) is 56.1 Å². The van der Waals surface area contributed by atoms with Crippen molar-refractivity contribution < 1.29 is 13.9 Å². The third-order valence-corrected chi connectivity index (χ3v) is 6.14. The fourth-order valence-electron chi connectivity index (χ4n) is 4.44. The van der Waals surface area contributed by atoms with Gasteiger partial charge in [-0.05, 0) is 32.8 Å². The van der Waals surface area contributed by atoms with Crippen LogP contribution in [-0.4, -0.2) is 65.1 Å². The van der Waals surface area contributed by atoms with Crippen LogP contribution in [0.15, 0.2) is 24.3 Å². The number of carbonyl (C=O) groups excluding carboxylic acids is 1. The second-order valence-corrected chi connectivity index (χ2v) is 8.69. The van der Waals surface area contributed by atoms with Crippen LogP contribution in [0.3, 0.4) is 0 Å². The molecule has 3 heterocycles. The van der Waals surface area contributed by atoms with Crippen molar-refractivity contribution in [2.24, 2.45) is 0 Å². The zero-order valence-electron chi connectivity index (χ0n) is 17.4. The average molecular weight is 403 g/mol. The van der Waals surface area contributed by atoms with Gasteiger partial charge < -0.3 is 15.0 Å². The molecular weight excluding hydrogens is 371 g/mol. The Kier molecular flexibility index (Phi) is 5.88. The van der Waals surface area contributed by atoms with Gasteiger partial charge in [-0.15, -0.1) is 0 Å². The minimum atomic E-state index is -1.13. The molecule has 1 aromatic heterocycles. The van der Waals surface area contributed by atoms with Crippen molar-refractivity contribution in [3.63, 3.8) is 0 Å². The molecule has 0 radical (unpaired) electrons. The lowest BCUT2D eigenvalue weighted by atomic mass is 9.94. The van der Waals surface area contributed by atoms with Gasteiger partial charge in [-0.2, -0.15) is 5.10 Å². The highest BCUT2D eigenvalue weighted by atomic mass is 19.1. The van der Waals surface area contributed by atoms with Gasteiger partial charge in [-0.3, -0.25) is 9.48 Å². The van der Waals surface area contributed by atoms with E-state index in [2.05, 4.69) is 29.2 Å². The average Bonchev–Trinajstić information content (AvgIpc) is 3.10. The molecule has 2 aromatic rings. The summed E-state index contributed by atoms with van der Waals surface area (Å²) in [4.78, 5) is 15.1. The number of nitrogens with zero attached hydrogens (tertiary/aromatic N) is 3. The molecule has 0 spiro atoms. The monoisotopic (exact) mass is 402 g/mol. The van der Waals surface area contributed by atoms with E-state index < -0.39 is 5.67 Å². The minimum absolute atomic E-state index is 0.104. The highest BCUT2D eigenvalue weighted by Gasteiger charge is 2.35. The van der Waals surface area contributed by atoms with E-state index in [1.807, 2.05) is 28.9 Å². The van der Waals surface area contributed by atoms with Gasteiger partial charge in [0.2, 0.25) is 0 Å². The molecule has 0 unspecified atom stereocenters. The van der Waals surface area contributed by atoms with E-state index in [0.717, 1.165) is 36.8 Å². The number of para-hydroxylation sites is 1. The van der Waals surface area contributed by atoms with E-state index in [9.17, 15) is 9.18 Å². The van der Waals surface area contributed by atoms with Crippen LogP contribution in [0.5, 0.6) is 0 Å². The molecule has 29 heavy (non-hydrogen) atoms. The van der Waals surface area contributed by atoms with Crippen LogP contribution in [0.4, 0.5) is 4.39 Å². The molecule has 0 saturated carbocycles. The molecule has 2 saturated heterocycles. The molecule has 0 atom stereocenters. The maximum atomic E-state index is 14.9. The second kappa shape index (κ2) is 8.40. The van der Waals surface area contributed by atoms with Crippen molar-refractivity contribution in [3.05, 3.63) is 30.0 Å². The summed E-state index contributed by atoms with van der Waals surface area (Å²) in [7, 11) is 0. The maximum Gasteiger partial charge on any atom is 0.272 e. The molecule has 2 aliphatic rings. The van der Waals surface area contributed by atoms with Crippen LogP contribution in [0.2, 0.25) is 0 Å². The van der Waals surface area contributed by atoms with Crippen LogP contribution < -0.4 is 5.32 Å². The number of benzene rings is 1. The van der Waals surface area contributed by atoms with Gasteiger partial charge >= 0.3 is 0 Å². The maximum absolute atomic E-state index is 14.9. The Bertz CT molecular complexity index is 852. The predicted octanol–water partition coefficient (Wildman–Crippen LogP) is 3.33. The summed E-state index contributed by atoms with van der Waals surface area (Å²) in [6.45, 7) is 7.23. The van der Waals surface area contributed by atoms with E-state index >= 15 is 0 Å². The number of fused-ring (bicyclic) bond motifs is 1.